The molecule has 0 spiro atoms. The molecule has 0 saturated heterocycles. The summed E-state index contributed by atoms with van der Waals surface area (Å²) in [6, 6.07) is 10.5. The molecule has 1 aliphatic carbocycles. The van der Waals surface area contributed by atoms with E-state index in [-0.39, 0.29) is 5.38 Å². The molecule has 1 aromatic carbocycles. The van der Waals surface area contributed by atoms with Gasteiger partial charge in [-0.25, -0.2) is 0 Å². The van der Waals surface area contributed by atoms with Crippen LogP contribution in [0.4, 0.5) is 0 Å². The summed E-state index contributed by atoms with van der Waals surface area (Å²) in [4.78, 5) is 4.34. The summed E-state index contributed by atoms with van der Waals surface area (Å²) < 4.78 is 0. The zero-order valence-corrected chi connectivity index (χ0v) is 10.3. The third-order valence-corrected chi connectivity index (χ3v) is 3.63. The van der Waals surface area contributed by atoms with Gasteiger partial charge in [0.2, 0.25) is 0 Å². The van der Waals surface area contributed by atoms with Crippen LogP contribution in [-0.2, 0) is 0 Å². The van der Waals surface area contributed by atoms with Crippen LogP contribution >= 0.6 is 11.6 Å². The number of hydrogen-bond donors (Lipinski definition) is 0. The molecular formula is C15H14ClN. The largest absolute Gasteiger partial charge is 0.256 e. The number of rotatable bonds is 1. The predicted molar refractivity (Wildman–Crippen MR) is 73.2 cm³/mol. The number of nitrogens with zero attached hydrogens (tertiary/aromatic N) is 1. The summed E-state index contributed by atoms with van der Waals surface area (Å²) in [5.41, 5.74) is 3.72. The molecule has 0 fully saturated rings. The summed E-state index contributed by atoms with van der Waals surface area (Å²) in [5, 5.41) is 1.39. The SMILES string of the molecule is ClC1C=C(c2ccc3ncccc3c2)CCC1. The zero-order chi connectivity index (χ0) is 11.7. The van der Waals surface area contributed by atoms with Gasteiger partial charge in [-0.15, -0.1) is 11.6 Å². The van der Waals surface area contributed by atoms with Crippen molar-refractivity contribution in [2.45, 2.75) is 24.6 Å². The van der Waals surface area contributed by atoms with Gasteiger partial charge in [0.1, 0.15) is 0 Å². The number of pyridine rings is 1. The number of halogens is 1. The summed E-state index contributed by atoms with van der Waals surface area (Å²) >= 11 is 6.19. The van der Waals surface area contributed by atoms with Gasteiger partial charge in [-0.1, -0.05) is 18.2 Å². The first-order valence-electron chi connectivity index (χ1n) is 6.03. The maximum absolute atomic E-state index is 6.19. The van der Waals surface area contributed by atoms with Crippen molar-refractivity contribution in [3.8, 4) is 0 Å². The second kappa shape index (κ2) is 4.50. The minimum atomic E-state index is 0.198. The highest BCUT2D eigenvalue weighted by Crippen LogP contribution is 2.30. The van der Waals surface area contributed by atoms with Crippen LogP contribution in [-0.4, -0.2) is 10.4 Å². The van der Waals surface area contributed by atoms with Gasteiger partial charge in [0, 0.05) is 11.6 Å². The van der Waals surface area contributed by atoms with Gasteiger partial charge in [0.05, 0.1) is 10.9 Å². The van der Waals surface area contributed by atoms with Crippen LogP contribution in [0.25, 0.3) is 16.5 Å². The molecule has 1 unspecified atom stereocenters. The van der Waals surface area contributed by atoms with Crippen molar-refractivity contribution < 1.29 is 0 Å². The molecule has 0 saturated carbocycles. The van der Waals surface area contributed by atoms with Gasteiger partial charge in [-0.2, -0.15) is 0 Å². The molecule has 86 valence electrons. The van der Waals surface area contributed by atoms with Gasteiger partial charge in [-0.05, 0) is 48.6 Å². The third-order valence-electron chi connectivity index (χ3n) is 3.28. The van der Waals surface area contributed by atoms with Crippen molar-refractivity contribution in [2.24, 2.45) is 0 Å². The van der Waals surface area contributed by atoms with E-state index in [1.165, 1.54) is 22.9 Å². The normalized spacial score (nSPS) is 20.3. The topological polar surface area (TPSA) is 12.9 Å². The Bertz CT molecular complexity index is 574. The Hall–Kier alpha value is -1.34. The molecule has 0 radical (unpaired) electrons. The van der Waals surface area contributed by atoms with E-state index >= 15 is 0 Å². The van der Waals surface area contributed by atoms with E-state index in [0.29, 0.717) is 0 Å². The first-order chi connectivity index (χ1) is 8.33. The van der Waals surface area contributed by atoms with Gasteiger partial charge in [-0.3, -0.25) is 4.98 Å². The van der Waals surface area contributed by atoms with E-state index in [2.05, 4.69) is 35.3 Å². The van der Waals surface area contributed by atoms with Gasteiger partial charge >= 0.3 is 0 Å². The van der Waals surface area contributed by atoms with Crippen molar-refractivity contribution >= 4 is 28.1 Å². The number of benzene rings is 1. The molecule has 0 aliphatic heterocycles. The Morgan fingerprint density at radius 3 is 3.06 bits per heavy atom. The Kier molecular flexibility index (Phi) is 2.86. The predicted octanol–water partition coefficient (Wildman–Crippen LogP) is 4.41. The molecule has 0 amide bonds. The van der Waals surface area contributed by atoms with Gasteiger partial charge < -0.3 is 0 Å². The fourth-order valence-corrected chi connectivity index (χ4v) is 2.69. The fourth-order valence-electron chi connectivity index (χ4n) is 2.39. The molecule has 17 heavy (non-hydrogen) atoms. The van der Waals surface area contributed by atoms with Crippen LogP contribution in [0, 0.1) is 0 Å². The van der Waals surface area contributed by atoms with Crippen LogP contribution < -0.4 is 0 Å². The molecule has 1 atom stereocenters. The number of hydrogen-bond acceptors (Lipinski definition) is 1. The third kappa shape index (κ3) is 2.20. The summed E-state index contributed by atoms with van der Waals surface area (Å²) in [6.45, 7) is 0. The molecule has 0 N–H and O–H groups in total. The molecule has 2 aromatic rings. The lowest BCUT2D eigenvalue weighted by atomic mass is 9.93. The van der Waals surface area contributed by atoms with Crippen molar-refractivity contribution in [2.75, 3.05) is 0 Å². The standard InChI is InChI=1S/C15H14ClN/c16-14-5-1-3-11(10-14)12-6-7-15-13(9-12)4-2-8-17-15/h2,4,6-10,14H,1,3,5H2. The first-order valence-corrected chi connectivity index (χ1v) is 6.46. The van der Waals surface area contributed by atoms with E-state index in [9.17, 15) is 0 Å². The molecule has 1 aromatic heterocycles. The van der Waals surface area contributed by atoms with Crippen LogP contribution in [0.1, 0.15) is 24.8 Å². The summed E-state index contributed by atoms with van der Waals surface area (Å²) in [6.07, 6.45) is 7.44. The lowest BCUT2D eigenvalue weighted by Gasteiger charge is -2.17. The zero-order valence-electron chi connectivity index (χ0n) is 9.57. The van der Waals surface area contributed by atoms with E-state index < -0.39 is 0 Å². The van der Waals surface area contributed by atoms with Crippen molar-refractivity contribution in [1.29, 1.82) is 0 Å². The molecule has 0 bridgehead atoms. The molecule has 3 rings (SSSR count). The second-order valence-electron chi connectivity index (χ2n) is 4.51. The average Bonchev–Trinajstić information content (AvgIpc) is 2.38. The van der Waals surface area contributed by atoms with Crippen LogP contribution in [0.2, 0.25) is 0 Å². The minimum absolute atomic E-state index is 0.198. The van der Waals surface area contributed by atoms with E-state index in [4.69, 9.17) is 11.6 Å². The number of allylic oxidation sites excluding steroid dienone is 2. The highest BCUT2D eigenvalue weighted by atomic mass is 35.5. The molecule has 1 aliphatic rings. The maximum atomic E-state index is 6.19. The molecular weight excluding hydrogens is 230 g/mol. The van der Waals surface area contributed by atoms with Crippen molar-refractivity contribution in [3.63, 3.8) is 0 Å². The van der Waals surface area contributed by atoms with Crippen LogP contribution in [0.15, 0.2) is 42.6 Å². The summed E-state index contributed by atoms with van der Waals surface area (Å²) in [7, 11) is 0. The van der Waals surface area contributed by atoms with Gasteiger partial charge in [0.25, 0.3) is 0 Å². The maximum Gasteiger partial charge on any atom is 0.0702 e. The average molecular weight is 244 g/mol. The Morgan fingerprint density at radius 1 is 1.24 bits per heavy atom. The Labute approximate surface area is 106 Å². The minimum Gasteiger partial charge on any atom is -0.256 e. The van der Waals surface area contributed by atoms with Crippen LogP contribution in [0.5, 0.6) is 0 Å². The quantitative estimate of drug-likeness (QED) is 0.676. The molecule has 1 nitrogen and oxygen atoms in total. The lowest BCUT2D eigenvalue weighted by Crippen LogP contribution is -2.02. The first kappa shape index (κ1) is 10.8. The molecule has 1 heterocycles. The number of aromatic nitrogens is 1. The Morgan fingerprint density at radius 2 is 2.18 bits per heavy atom. The molecule has 2 heteroatoms. The van der Waals surface area contributed by atoms with E-state index in [0.717, 1.165) is 18.4 Å². The number of alkyl halides is 1. The number of fused-ring (bicyclic) bond motifs is 1. The van der Waals surface area contributed by atoms with E-state index in [1.807, 2.05) is 12.3 Å². The van der Waals surface area contributed by atoms with E-state index in [1.54, 1.807) is 0 Å². The van der Waals surface area contributed by atoms with Crippen molar-refractivity contribution in [3.05, 3.63) is 48.2 Å². The van der Waals surface area contributed by atoms with Crippen LogP contribution in [0.3, 0.4) is 0 Å². The van der Waals surface area contributed by atoms with Gasteiger partial charge in [0.15, 0.2) is 0 Å². The monoisotopic (exact) mass is 243 g/mol. The highest BCUT2D eigenvalue weighted by Gasteiger charge is 2.12. The Balaban J connectivity index is 2.06. The summed E-state index contributed by atoms with van der Waals surface area (Å²) in [5.74, 6) is 0. The smallest absolute Gasteiger partial charge is 0.0702 e. The highest BCUT2D eigenvalue weighted by molar-refractivity contribution is 6.22. The second-order valence-corrected chi connectivity index (χ2v) is 5.07. The van der Waals surface area contributed by atoms with Crippen molar-refractivity contribution in [1.82, 2.24) is 4.98 Å². The lowest BCUT2D eigenvalue weighted by molar-refractivity contribution is 0.747. The fraction of sp³-hybridized carbons (Fsp3) is 0.267.